The van der Waals surface area contributed by atoms with Gasteiger partial charge in [-0.3, -0.25) is 19.4 Å². The van der Waals surface area contributed by atoms with Crippen LogP contribution in [0.3, 0.4) is 0 Å². The van der Waals surface area contributed by atoms with Crippen LogP contribution in [-0.2, 0) is 22.3 Å². The molecule has 2 aromatic carbocycles. The van der Waals surface area contributed by atoms with Crippen molar-refractivity contribution in [2.24, 2.45) is 0 Å². The normalized spacial score (nSPS) is 16.2. The molecule has 2 aromatic rings. The van der Waals surface area contributed by atoms with Crippen molar-refractivity contribution >= 4 is 29.1 Å². The van der Waals surface area contributed by atoms with Crippen LogP contribution >= 0.6 is 11.6 Å². The summed E-state index contributed by atoms with van der Waals surface area (Å²) in [5, 5.41) is 2.97. The predicted molar refractivity (Wildman–Crippen MR) is 125 cm³/mol. The summed E-state index contributed by atoms with van der Waals surface area (Å²) in [5.74, 6) is -0.946. The summed E-state index contributed by atoms with van der Waals surface area (Å²) in [4.78, 5) is 30.8. The summed E-state index contributed by atoms with van der Waals surface area (Å²) in [6.45, 7) is 5.21. The zero-order chi connectivity index (χ0) is 24.9. The molecule has 184 valence electrons. The number of para-hydroxylation sites is 1. The number of amides is 2. The number of piperazine rings is 1. The van der Waals surface area contributed by atoms with Gasteiger partial charge < -0.3 is 10.2 Å². The number of anilines is 1. The van der Waals surface area contributed by atoms with Crippen molar-refractivity contribution in [2.45, 2.75) is 25.7 Å². The molecule has 1 aliphatic heterocycles. The molecule has 0 radical (unpaired) electrons. The Morgan fingerprint density at radius 2 is 1.68 bits per heavy atom. The predicted octanol–water partition coefficient (Wildman–Crippen LogP) is 3.96. The summed E-state index contributed by atoms with van der Waals surface area (Å²) < 4.78 is 39.4. The largest absolute Gasteiger partial charge is 0.418 e. The van der Waals surface area contributed by atoms with Crippen LogP contribution in [0.2, 0.25) is 5.02 Å². The zero-order valence-corrected chi connectivity index (χ0v) is 19.9. The SMILES string of the molecule is C[C@H](C(=O)N(C)CC(=O)Nc1ccccc1C(F)(F)F)N1CCN(Cc2ccc(Cl)cc2)CC1. The molecule has 0 saturated carbocycles. The number of likely N-dealkylation sites (N-methyl/N-ethyl adjacent to an activating group) is 1. The van der Waals surface area contributed by atoms with Gasteiger partial charge in [-0.2, -0.15) is 13.2 Å². The Labute approximate surface area is 202 Å². The van der Waals surface area contributed by atoms with E-state index in [1.165, 1.54) is 35.7 Å². The molecule has 0 spiro atoms. The van der Waals surface area contributed by atoms with Crippen molar-refractivity contribution in [3.8, 4) is 0 Å². The van der Waals surface area contributed by atoms with Crippen LogP contribution in [0.5, 0.6) is 0 Å². The number of benzene rings is 2. The molecular weight excluding hydrogens is 469 g/mol. The lowest BCUT2D eigenvalue weighted by Gasteiger charge is -2.38. The Morgan fingerprint density at radius 1 is 1.06 bits per heavy atom. The second-order valence-electron chi connectivity index (χ2n) is 8.40. The lowest BCUT2D eigenvalue weighted by Crippen LogP contribution is -2.54. The van der Waals surface area contributed by atoms with Crippen molar-refractivity contribution in [3.63, 3.8) is 0 Å². The third-order valence-electron chi connectivity index (χ3n) is 5.89. The van der Waals surface area contributed by atoms with Crippen molar-refractivity contribution in [3.05, 3.63) is 64.7 Å². The summed E-state index contributed by atoms with van der Waals surface area (Å²) in [6, 6.07) is 12.0. The Bertz CT molecular complexity index is 992. The molecule has 34 heavy (non-hydrogen) atoms. The number of hydrogen-bond acceptors (Lipinski definition) is 4. The molecule has 1 saturated heterocycles. The number of nitrogens with zero attached hydrogens (tertiary/aromatic N) is 3. The third kappa shape index (κ3) is 6.94. The molecule has 2 amide bonds. The van der Waals surface area contributed by atoms with Gasteiger partial charge in [0.15, 0.2) is 0 Å². The fraction of sp³-hybridized carbons (Fsp3) is 0.417. The summed E-state index contributed by atoms with van der Waals surface area (Å²) in [7, 11) is 1.48. The molecule has 10 heteroatoms. The first-order valence-electron chi connectivity index (χ1n) is 11.0. The van der Waals surface area contributed by atoms with E-state index in [0.29, 0.717) is 18.1 Å². The van der Waals surface area contributed by atoms with Crippen LogP contribution in [0.4, 0.5) is 18.9 Å². The molecule has 0 unspecified atom stereocenters. The highest BCUT2D eigenvalue weighted by Gasteiger charge is 2.34. The molecule has 0 aromatic heterocycles. The van der Waals surface area contributed by atoms with Gasteiger partial charge >= 0.3 is 6.18 Å². The number of halogens is 4. The van der Waals surface area contributed by atoms with E-state index in [9.17, 15) is 22.8 Å². The van der Waals surface area contributed by atoms with E-state index in [1.54, 1.807) is 6.92 Å². The number of hydrogen-bond donors (Lipinski definition) is 1. The van der Waals surface area contributed by atoms with Gasteiger partial charge in [0.25, 0.3) is 0 Å². The van der Waals surface area contributed by atoms with Gasteiger partial charge in [-0.25, -0.2) is 0 Å². The van der Waals surface area contributed by atoms with Crippen molar-refractivity contribution in [1.29, 1.82) is 0 Å². The standard InChI is InChI=1S/C24H28ClF3N4O2/c1-17(32-13-11-31(12-14-32)15-18-7-9-19(25)10-8-18)23(34)30(2)16-22(33)29-21-6-4-3-5-20(21)24(26,27)28/h3-10,17H,11-16H2,1-2H3,(H,29,33)/t17-/m1/s1. The molecule has 0 bridgehead atoms. The summed E-state index contributed by atoms with van der Waals surface area (Å²) >= 11 is 5.93. The van der Waals surface area contributed by atoms with Crippen LogP contribution in [0, 0.1) is 0 Å². The molecule has 0 aliphatic carbocycles. The maximum Gasteiger partial charge on any atom is 0.418 e. The van der Waals surface area contributed by atoms with Gasteiger partial charge in [-0.15, -0.1) is 0 Å². The molecule has 6 nitrogen and oxygen atoms in total. The minimum absolute atomic E-state index is 0.259. The lowest BCUT2D eigenvalue weighted by molar-refractivity contribution is -0.139. The Morgan fingerprint density at radius 3 is 2.29 bits per heavy atom. The minimum atomic E-state index is -4.59. The van der Waals surface area contributed by atoms with E-state index in [-0.39, 0.29) is 18.1 Å². The highest BCUT2D eigenvalue weighted by molar-refractivity contribution is 6.30. The van der Waals surface area contributed by atoms with Gasteiger partial charge in [0.2, 0.25) is 11.8 Å². The third-order valence-corrected chi connectivity index (χ3v) is 6.15. The maximum absolute atomic E-state index is 13.1. The van der Waals surface area contributed by atoms with Gasteiger partial charge in [0.1, 0.15) is 0 Å². The first-order chi connectivity index (χ1) is 16.0. The smallest absolute Gasteiger partial charge is 0.335 e. The second-order valence-corrected chi connectivity index (χ2v) is 8.84. The van der Waals surface area contributed by atoms with E-state index < -0.39 is 23.7 Å². The molecule has 1 heterocycles. The van der Waals surface area contributed by atoms with Crippen molar-refractivity contribution < 1.29 is 22.8 Å². The zero-order valence-electron chi connectivity index (χ0n) is 19.1. The lowest BCUT2D eigenvalue weighted by atomic mass is 10.1. The molecule has 3 rings (SSSR count). The van der Waals surface area contributed by atoms with Crippen molar-refractivity contribution in [2.75, 3.05) is 45.1 Å². The Balaban J connectivity index is 1.49. The number of rotatable bonds is 7. The van der Waals surface area contributed by atoms with Crippen LogP contribution in [-0.4, -0.2) is 72.3 Å². The number of carbonyl (C=O) groups is 2. The van der Waals surface area contributed by atoms with Gasteiger partial charge in [0, 0.05) is 44.8 Å². The van der Waals surface area contributed by atoms with Crippen LogP contribution in [0.1, 0.15) is 18.1 Å². The average Bonchev–Trinajstić information content (AvgIpc) is 2.79. The van der Waals surface area contributed by atoms with Gasteiger partial charge in [-0.1, -0.05) is 35.9 Å². The van der Waals surface area contributed by atoms with E-state index >= 15 is 0 Å². The Hall–Kier alpha value is -2.62. The summed E-state index contributed by atoms with van der Waals surface area (Å²) in [5.41, 5.74) is -0.0901. The van der Waals surface area contributed by atoms with Gasteiger partial charge in [0.05, 0.1) is 23.8 Å². The van der Waals surface area contributed by atoms with Crippen LogP contribution < -0.4 is 5.32 Å². The van der Waals surface area contributed by atoms with E-state index in [1.807, 2.05) is 29.2 Å². The van der Waals surface area contributed by atoms with Crippen molar-refractivity contribution in [1.82, 2.24) is 14.7 Å². The second kappa shape index (κ2) is 11.2. The van der Waals surface area contributed by atoms with E-state index in [0.717, 1.165) is 25.7 Å². The number of carbonyl (C=O) groups excluding carboxylic acids is 2. The first-order valence-corrected chi connectivity index (χ1v) is 11.3. The maximum atomic E-state index is 13.1. The monoisotopic (exact) mass is 496 g/mol. The summed E-state index contributed by atoms with van der Waals surface area (Å²) in [6.07, 6.45) is -4.59. The fourth-order valence-electron chi connectivity index (χ4n) is 3.95. The average molecular weight is 497 g/mol. The highest BCUT2D eigenvalue weighted by Crippen LogP contribution is 2.34. The van der Waals surface area contributed by atoms with Crippen LogP contribution in [0.25, 0.3) is 0 Å². The van der Waals surface area contributed by atoms with Crippen LogP contribution in [0.15, 0.2) is 48.5 Å². The molecule has 1 aliphatic rings. The topological polar surface area (TPSA) is 55.9 Å². The van der Waals surface area contributed by atoms with Gasteiger partial charge in [-0.05, 0) is 36.8 Å². The minimum Gasteiger partial charge on any atom is -0.335 e. The number of alkyl halides is 3. The Kier molecular flexibility index (Phi) is 8.57. The first kappa shape index (κ1) is 26.0. The molecular formula is C24H28ClF3N4O2. The highest BCUT2D eigenvalue weighted by atomic mass is 35.5. The molecule has 1 N–H and O–H groups in total. The molecule has 1 fully saturated rings. The number of nitrogens with one attached hydrogen (secondary N) is 1. The fourth-order valence-corrected chi connectivity index (χ4v) is 4.08. The quantitative estimate of drug-likeness (QED) is 0.630. The van der Waals surface area contributed by atoms with E-state index in [2.05, 4.69) is 10.2 Å². The van der Waals surface area contributed by atoms with E-state index in [4.69, 9.17) is 11.6 Å². The molecule has 1 atom stereocenters.